The van der Waals surface area contributed by atoms with Crippen molar-refractivity contribution in [3.05, 3.63) is 0 Å². The van der Waals surface area contributed by atoms with Gasteiger partial charge in [0.05, 0.1) is 6.07 Å². The van der Waals surface area contributed by atoms with E-state index in [0.29, 0.717) is 19.3 Å². The highest BCUT2D eigenvalue weighted by Gasteiger charge is 2.37. The molecule has 0 aliphatic heterocycles. The van der Waals surface area contributed by atoms with Crippen LogP contribution >= 0.6 is 0 Å². The highest BCUT2D eigenvalue weighted by Crippen LogP contribution is 2.29. The number of carbonyl (C=O) groups is 1. The minimum atomic E-state index is -0.878. The standard InChI is InChI=1S/C14H26N2O2/c1-4-8-14(11-15,9-5-2)13(18)16-12(3)7-6-10-17/h12,17H,4-10H2,1-3H3,(H,16,18). The molecular formula is C14H26N2O2. The summed E-state index contributed by atoms with van der Waals surface area (Å²) < 4.78 is 0. The lowest BCUT2D eigenvalue weighted by Crippen LogP contribution is -2.44. The van der Waals surface area contributed by atoms with E-state index in [1.54, 1.807) is 0 Å². The lowest BCUT2D eigenvalue weighted by molar-refractivity contribution is -0.129. The summed E-state index contributed by atoms with van der Waals surface area (Å²) in [5.74, 6) is -0.154. The maximum absolute atomic E-state index is 12.3. The monoisotopic (exact) mass is 254 g/mol. The van der Waals surface area contributed by atoms with E-state index in [9.17, 15) is 10.1 Å². The molecule has 0 rings (SSSR count). The zero-order chi connectivity index (χ0) is 14.0. The number of amides is 1. The van der Waals surface area contributed by atoms with Crippen molar-refractivity contribution in [3.8, 4) is 6.07 Å². The topological polar surface area (TPSA) is 73.1 Å². The van der Waals surface area contributed by atoms with Crippen molar-refractivity contribution in [3.63, 3.8) is 0 Å². The molecule has 1 atom stereocenters. The Bertz CT molecular complexity index is 278. The Hall–Kier alpha value is -1.08. The van der Waals surface area contributed by atoms with Gasteiger partial charge in [-0.05, 0) is 32.6 Å². The Morgan fingerprint density at radius 2 is 1.94 bits per heavy atom. The van der Waals surface area contributed by atoms with Gasteiger partial charge in [-0.25, -0.2) is 0 Å². The second-order valence-corrected chi connectivity index (χ2v) is 4.93. The van der Waals surface area contributed by atoms with Crippen LogP contribution in [0.2, 0.25) is 0 Å². The highest BCUT2D eigenvalue weighted by molar-refractivity contribution is 5.85. The maximum atomic E-state index is 12.3. The summed E-state index contributed by atoms with van der Waals surface area (Å²) in [6.45, 7) is 6.02. The van der Waals surface area contributed by atoms with Gasteiger partial charge in [-0.15, -0.1) is 0 Å². The molecule has 104 valence electrons. The molecule has 4 heteroatoms. The normalized spacial score (nSPS) is 12.8. The van der Waals surface area contributed by atoms with Gasteiger partial charge in [-0.1, -0.05) is 26.7 Å². The Kier molecular flexibility index (Phi) is 8.40. The molecule has 0 radical (unpaired) electrons. The van der Waals surface area contributed by atoms with Crippen LogP contribution in [0.4, 0.5) is 0 Å². The molecule has 0 aromatic carbocycles. The van der Waals surface area contributed by atoms with E-state index < -0.39 is 5.41 Å². The van der Waals surface area contributed by atoms with Gasteiger partial charge >= 0.3 is 0 Å². The van der Waals surface area contributed by atoms with E-state index in [-0.39, 0.29) is 18.6 Å². The molecular weight excluding hydrogens is 228 g/mol. The van der Waals surface area contributed by atoms with E-state index in [1.807, 2.05) is 20.8 Å². The number of rotatable bonds is 9. The second kappa shape index (κ2) is 8.93. The molecule has 0 aliphatic rings. The molecule has 0 bridgehead atoms. The number of nitrogens with zero attached hydrogens (tertiary/aromatic N) is 1. The fraction of sp³-hybridized carbons (Fsp3) is 0.857. The van der Waals surface area contributed by atoms with Gasteiger partial charge in [0.15, 0.2) is 0 Å². The molecule has 0 spiro atoms. The number of hydrogen-bond donors (Lipinski definition) is 2. The minimum Gasteiger partial charge on any atom is -0.396 e. The molecule has 0 aliphatic carbocycles. The average Bonchev–Trinajstić information content (AvgIpc) is 2.35. The summed E-state index contributed by atoms with van der Waals surface area (Å²) in [6.07, 6.45) is 4.27. The van der Waals surface area contributed by atoms with Gasteiger partial charge < -0.3 is 10.4 Å². The molecule has 1 amide bonds. The molecule has 0 aromatic heterocycles. The molecule has 4 nitrogen and oxygen atoms in total. The SMILES string of the molecule is CCCC(C#N)(CCC)C(=O)NC(C)CCCO. The smallest absolute Gasteiger partial charge is 0.240 e. The predicted molar refractivity (Wildman–Crippen MR) is 71.8 cm³/mol. The third-order valence-electron chi connectivity index (χ3n) is 3.17. The van der Waals surface area contributed by atoms with Crippen LogP contribution in [0.5, 0.6) is 0 Å². The average molecular weight is 254 g/mol. The first kappa shape index (κ1) is 16.9. The number of hydrogen-bond acceptors (Lipinski definition) is 3. The Morgan fingerprint density at radius 3 is 2.33 bits per heavy atom. The maximum Gasteiger partial charge on any atom is 0.240 e. The molecule has 0 saturated carbocycles. The molecule has 1 unspecified atom stereocenters. The Morgan fingerprint density at radius 1 is 1.39 bits per heavy atom. The van der Waals surface area contributed by atoms with E-state index >= 15 is 0 Å². The van der Waals surface area contributed by atoms with Crippen LogP contribution in [0.25, 0.3) is 0 Å². The van der Waals surface area contributed by atoms with Crippen LogP contribution in [0, 0.1) is 16.7 Å². The van der Waals surface area contributed by atoms with Gasteiger partial charge in [-0.3, -0.25) is 4.79 Å². The van der Waals surface area contributed by atoms with Crippen molar-refractivity contribution in [2.45, 2.75) is 65.3 Å². The number of aliphatic hydroxyl groups is 1. The van der Waals surface area contributed by atoms with Crippen molar-refractivity contribution in [2.75, 3.05) is 6.61 Å². The lowest BCUT2D eigenvalue weighted by atomic mass is 9.79. The number of nitriles is 1. The van der Waals surface area contributed by atoms with Gasteiger partial charge in [0.25, 0.3) is 0 Å². The third-order valence-corrected chi connectivity index (χ3v) is 3.17. The number of carbonyl (C=O) groups excluding carboxylic acids is 1. The highest BCUT2D eigenvalue weighted by atomic mass is 16.3. The predicted octanol–water partition coefficient (Wildman–Crippen LogP) is 2.37. The molecule has 0 aromatic rings. The van der Waals surface area contributed by atoms with Crippen LogP contribution < -0.4 is 5.32 Å². The molecule has 2 N–H and O–H groups in total. The van der Waals surface area contributed by atoms with Crippen LogP contribution in [-0.4, -0.2) is 23.7 Å². The van der Waals surface area contributed by atoms with Gasteiger partial charge in [0.1, 0.15) is 5.41 Å². The molecule has 0 saturated heterocycles. The summed E-state index contributed by atoms with van der Waals surface area (Å²) in [6, 6.07) is 2.22. The fourth-order valence-electron chi connectivity index (χ4n) is 2.20. The van der Waals surface area contributed by atoms with E-state index in [1.165, 1.54) is 0 Å². The number of aliphatic hydroxyl groups excluding tert-OH is 1. The van der Waals surface area contributed by atoms with Crippen molar-refractivity contribution >= 4 is 5.91 Å². The van der Waals surface area contributed by atoms with Crippen LogP contribution in [0.3, 0.4) is 0 Å². The third kappa shape index (κ3) is 5.05. The molecule has 0 fully saturated rings. The quantitative estimate of drug-likeness (QED) is 0.663. The Labute approximate surface area is 110 Å². The summed E-state index contributed by atoms with van der Waals surface area (Å²) >= 11 is 0. The zero-order valence-electron chi connectivity index (χ0n) is 11.8. The largest absolute Gasteiger partial charge is 0.396 e. The minimum absolute atomic E-state index is 0.00564. The molecule has 0 heterocycles. The van der Waals surface area contributed by atoms with Crippen molar-refractivity contribution in [2.24, 2.45) is 5.41 Å². The first-order valence-corrected chi connectivity index (χ1v) is 6.89. The lowest BCUT2D eigenvalue weighted by Gasteiger charge is -2.26. The summed E-state index contributed by atoms with van der Waals surface area (Å²) in [5, 5.41) is 21.0. The zero-order valence-corrected chi connectivity index (χ0v) is 11.8. The summed E-state index contributed by atoms with van der Waals surface area (Å²) in [7, 11) is 0. The van der Waals surface area contributed by atoms with Crippen LogP contribution in [-0.2, 0) is 4.79 Å². The fourth-order valence-corrected chi connectivity index (χ4v) is 2.20. The molecule has 18 heavy (non-hydrogen) atoms. The van der Waals surface area contributed by atoms with Crippen molar-refractivity contribution in [1.29, 1.82) is 5.26 Å². The summed E-state index contributed by atoms with van der Waals surface area (Å²) in [5.41, 5.74) is -0.878. The van der Waals surface area contributed by atoms with E-state index in [4.69, 9.17) is 5.11 Å². The number of nitrogens with one attached hydrogen (secondary N) is 1. The first-order valence-electron chi connectivity index (χ1n) is 6.89. The van der Waals surface area contributed by atoms with Crippen LogP contribution in [0.1, 0.15) is 59.3 Å². The van der Waals surface area contributed by atoms with E-state index in [2.05, 4.69) is 11.4 Å². The first-order chi connectivity index (χ1) is 8.56. The van der Waals surface area contributed by atoms with Crippen LogP contribution in [0.15, 0.2) is 0 Å². The van der Waals surface area contributed by atoms with Crippen molar-refractivity contribution in [1.82, 2.24) is 5.32 Å². The van der Waals surface area contributed by atoms with Crippen molar-refractivity contribution < 1.29 is 9.90 Å². The van der Waals surface area contributed by atoms with Gasteiger partial charge in [0, 0.05) is 12.6 Å². The van der Waals surface area contributed by atoms with Gasteiger partial charge in [-0.2, -0.15) is 5.26 Å². The Balaban J connectivity index is 4.60. The summed E-state index contributed by atoms with van der Waals surface area (Å²) in [4.78, 5) is 12.3. The van der Waals surface area contributed by atoms with E-state index in [0.717, 1.165) is 19.3 Å². The van der Waals surface area contributed by atoms with Gasteiger partial charge in [0.2, 0.25) is 5.91 Å². The second-order valence-electron chi connectivity index (χ2n) is 4.93.